The predicted molar refractivity (Wildman–Crippen MR) is 64.7 cm³/mol. The van der Waals surface area contributed by atoms with Crippen LogP contribution < -0.4 is 0 Å². The first-order valence-electron chi connectivity index (χ1n) is 5.14. The summed E-state index contributed by atoms with van der Waals surface area (Å²) in [4.78, 5) is 11.8. The summed E-state index contributed by atoms with van der Waals surface area (Å²) in [5.41, 5.74) is 1.51. The van der Waals surface area contributed by atoms with E-state index in [9.17, 15) is 9.90 Å². The Balaban J connectivity index is 3.05. The lowest BCUT2D eigenvalue weighted by Gasteiger charge is -2.10. The molecule has 1 N–H and O–H groups in total. The Morgan fingerprint density at radius 2 is 2.29 bits per heavy atom. The Morgan fingerprint density at radius 3 is 2.82 bits per heavy atom. The highest BCUT2D eigenvalue weighted by molar-refractivity contribution is 7.80. The van der Waals surface area contributed by atoms with Gasteiger partial charge in [-0.1, -0.05) is 6.07 Å². The van der Waals surface area contributed by atoms with Gasteiger partial charge in [0, 0.05) is 4.90 Å². The number of nitrogens with zero attached hydrogens (tertiary/aromatic N) is 1. The number of hydrogen-bond acceptors (Lipinski definition) is 5. The Morgan fingerprint density at radius 1 is 1.59 bits per heavy atom. The van der Waals surface area contributed by atoms with Crippen molar-refractivity contribution in [2.45, 2.75) is 24.8 Å². The Kier molecular flexibility index (Phi) is 5.01. The minimum atomic E-state index is -0.361. The molecular weight excluding hydrogens is 238 g/mol. The summed E-state index contributed by atoms with van der Waals surface area (Å²) in [5.74, 6) is -0.361. The third-order valence-corrected chi connectivity index (χ3v) is 2.81. The van der Waals surface area contributed by atoms with Gasteiger partial charge in [0.2, 0.25) is 0 Å². The third kappa shape index (κ3) is 3.22. The highest BCUT2D eigenvalue weighted by Gasteiger charge is 2.13. The topological polar surface area (TPSA) is 70.3 Å². The van der Waals surface area contributed by atoms with Gasteiger partial charge in [-0.3, -0.25) is 4.79 Å². The molecule has 0 spiro atoms. The van der Waals surface area contributed by atoms with Crippen molar-refractivity contribution in [3.8, 4) is 6.07 Å². The van der Waals surface area contributed by atoms with Crippen molar-refractivity contribution in [3.05, 3.63) is 28.8 Å². The molecule has 0 heterocycles. The lowest BCUT2D eigenvalue weighted by molar-refractivity contribution is -0.142. The Labute approximate surface area is 105 Å². The van der Waals surface area contributed by atoms with E-state index < -0.39 is 0 Å². The number of carbonyl (C=O) groups excluding carboxylic acids is 1. The van der Waals surface area contributed by atoms with Gasteiger partial charge in [-0.05, 0) is 24.1 Å². The standard InChI is InChI=1S/C12H13NO3S/c1-2-16-11(15)5-8-3-4-9(6-13)12(17)10(8)7-14/h3-4,14,17H,2,5,7H2,1H3. The van der Waals surface area contributed by atoms with Gasteiger partial charge in [-0.2, -0.15) is 5.26 Å². The summed E-state index contributed by atoms with van der Waals surface area (Å²) in [6.45, 7) is 1.79. The second kappa shape index (κ2) is 6.28. The molecule has 17 heavy (non-hydrogen) atoms. The highest BCUT2D eigenvalue weighted by Crippen LogP contribution is 2.23. The monoisotopic (exact) mass is 251 g/mol. The van der Waals surface area contributed by atoms with E-state index in [1.54, 1.807) is 19.1 Å². The normalized spacial score (nSPS) is 9.76. The minimum absolute atomic E-state index is 0.0724. The van der Waals surface area contributed by atoms with Gasteiger partial charge >= 0.3 is 5.97 Å². The number of nitriles is 1. The molecule has 0 saturated carbocycles. The van der Waals surface area contributed by atoms with Gasteiger partial charge in [-0.15, -0.1) is 12.6 Å². The van der Waals surface area contributed by atoms with E-state index in [4.69, 9.17) is 10.00 Å². The summed E-state index contributed by atoms with van der Waals surface area (Å²) < 4.78 is 4.83. The predicted octanol–water partition coefficient (Wildman–Crippen LogP) is 1.44. The van der Waals surface area contributed by atoms with Crippen LogP contribution in [0, 0.1) is 11.3 Å². The van der Waals surface area contributed by atoms with Crippen LogP contribution in [0.15, 0.2) is 17.0 Å². The van der Waals surface area contributed by atoms with Crippen LogP contribution in [-0.4, -0.2) is 17.7 Å². The number of esters is 1. The average Bonchev–Trinajstić information content (AvgIpc) is 2.30. The molecule has 0 bridgehead atoms. The van der Waals surface area contributed by atoms with Crippen LogP contribution in [0.4, 0.5) is 0 Å². The average molecular weight is 251 g/mol. The molecule has 1 rings (SSSR count). The zero-order chi connectivity index (χ0) is 12.8. The fraction of sp³-hybridized carbons (Fsp3) is 0.333. The van der Waals surface area contributed by atoms with Crippen LogP contribution in [0.25, 0.3) is 0 Å². The number of aliphatic hydroxyl groups is 1. The number of ether oxygens (including phenoxy) is 1. The van der Waals surface area contributed by atoms with Gasteiger partial charge < -0.3 is 9.84 Å². The van der Waals surface area contributed by atoms with Crippen molar-refractivity contribution in [1.29, 1.82) is 5.26 Å². The fourth-order valence-electron chi connectivity index (χ4n) is 1.48. The van der Waals surface area contributed by atoms with Crippen LogP contribution in [0.5, 0.6) is 0 Å². The van der Waals surface area contributed by atoms with E-state index in [0.29, 0.717) is 28.2 Å². The Hall–Kier alpha value is -1.51. The maximum absolute atomic E-state index is 11.4. The molecule has 0 aliphatic carbocycles. The van der Waals surface area contributed by atoms with E-state index >= 15 is 0 Å². The van der Waals surface area contributed by atoms with E-state index in [1.165, 1.54) is 0 Å². The maximum atomic E-state index is 11.4. The van der Waals surface area contributed by atoms with E-state index in [1.807, 2.05) is 6.07 Å². The lowest BCUT2D eigenvalue weighted by atomic mass is 10.0. The zero-order valence-electron chi connectivity index (χ0n) is 9.43. The maximum Gasteiger partial charge on any atom is 0.310 e. The van der Waals surface area contributed by atoms with E-state index in [0.717, 1.165) is 0 Å². The molecule has 0 saturated heterocycles. The number of rotatable bonds is 4. The second-order valence-corrected chi connectivity index (χ2v) is 3.80. The molecule has 0 unspecified atom stereocenters. The van der Waals surface area contributed by atoms with Crippen molar-refractivity contribution in [2.75, 3.05) is 6.61 Å². The molecule has 90 valence electrons. The molecule has 0 atom stereocenters. The summed E-state index contributed by atoms with van der Waals surface area (Å²) in [6.07, 6.45) is 0.0724. The molecular formula is C12H13NO3S. The van der Waals surface area contributed by atoms with Crippen molar-refractivity contribution in [2.24, 2.45) is 0 Å². The molecule has 0 fully saturated rings. The quantitative estimate of drug-likeness (QED) is 0.627. The molecule has 1 aromatic carbocycles. The molecule has 0 aromatic heterocycles. The lowest BCUT2D eigenvalue weighted by Crippen LogP contribution is -2.10. The van der Waals surface area contributed by atoms with Gasteiger partial charge in [-0.25, -0.2) is 0 Å². The number of benzene rings is 1. The number of carbonyl (C=O) groups is 1. The largest absolute Gasteiger partial charge is 0.466 e. The van der Waals surface area contributed by atoms with Crippen molar-refractivity contribution >= 4 is 18.6 Å². The van der Waals surface area contributed by atoms with Gasteiger partial charge in [0.05, 0.1) is 25.2 Å². The molecule has 0 amide bonds. The first-order valence-corrected chi connectivity index (χ1v) is 5.59. The zero-order valence-corrected chi connectivity index (χ0v) is 10.3. The number of thiol groups is 1. The summed E-state index contributed by atoms with van der Waals surface area (Å²) in [5, 5.41) is 18.1. The van der Waals surface area contributed by atoms with Crippen LogP contribution in [-0.2, 0) is 22.6 Å². The fourth-order valence-corrected chi connectivity index (χ4v) is 1.82. The smallest absolute Gasteiger partial charge is 0.310 e. The third-order valence-electron chi connectivity index (χ3n) is 2.30. The van der Waals surface area contributed by atoms with Crippen molar-refractivity contribution < 1.29 is 14.6 Å². The van der Waals surface area contributed by atoms with E-state index in [-0.39, 0.29) is 19.0 Å². The summed E-state index contributed by atoms with van der Waals surface area (Å²) >= 11 is 4.18. The molecule has 4 nitrogen and oxygen atoms in total. The Bertz CT molecular complexity index is 466. The SMILES string of the molecule is CCOC(=O)Cc1ccc(C#N)c(S)c1CO. The number of aliphatic hydroxyl groups excluding tert-OH is 1. The van der Waals surface area contributed by atoms with Crippen LogP contribution in [0.1, 0.15) is 23.6 Å². The van der Waals surface area contributed by atoms with Crippen LogP contribution in [0.3, 0.4) is 0 Å². The first-order chi connectivity index (χ1) is 8.13. The summed E-state index contributed by atoms with van der Waals surface area (Å²) in [7, 11) is 0. The van der Waals surface area contributed by atoms with Crippen molar-refractivity contribution in [3.63, 3.8) is 0 Å². The number of hydrogen-bond donors (Lipinski definition) is 2. The molecule has 5 heteroatoms. The molecule has 1 aromatic rings. The molecule has 0 radical (unpaired) electrons. The van der Waals surface area contributed by atoms with Crippen LogP contribution >= 0.6 is 12.6 Å². The summed E-state index contributed by atoms with van der Waals surface area (Å²) in [6, 6.07) is 5.19. The van der Waals surface area contributed by atoms with Gasteiger partial charge in [0.15, 0.2) is 0 Å². The molecule has 0 aliphatic rings. The molecule has 0 aliphatic heterocycles. The van der Waals surface area contributed by atoms with Gasteiger partial charge in [0.25, 0.3) is 0 Å². The van der Waals surface area contributed by atoms with E-state index in [2.05, 4.69) is 12.6 Å². The second-order valence-electron chi connectivity index (χ2n) is 3.35. The highest BCUT2D eigenvalue weighted by atomic mass is 32.1. The van der Waals surface area contributed by atoms with Crippen LogP contribution in [0.2, 0.25) is 0 Å². The van der Waals surface area contributed by atoms with Crippen molar-refractivity contribution in [1.82, 2.24) is 0 Å². The minimum Gasteiger partial charge on any atom is -0.466 e. The van der Waals surface area contributed by atoms with Gasteiger partial charge in [0.1, 0.15) is 6.07 Å². The first kappa shape index (κ1) is 13.6.